The topological polar surface area (TPSA) is 127 Å². The highest BCUT2D eigenvalue weighted by atomic mass is 32.2. The Hall–Kier alpha value is -3.42. The van der Waals surface area contributed by atoms with Crippen LogP contribution in [0.5, 0.6) is 5.75 Å². The molecule has 0 unspecified atom stereocenters. The van der Waals surface area contributed by atoms with E-state index in [4.69, 9.17) is 14.6 Å². The molecule has 2 aromatic carbocycles. The minimum atomic E-state index is -4.09. The van der Waals surface area contributed by atoms with Crippen molar-refractivity contribution in [1.29, 1.82) is 5.26 Å². The lowest BCUT2D eigenvalue weighted by molar-refractivity contribution is 0.487. The number of hydrogen-bond donors (Lipinski definition) is 1. The van der Waals surface area contributed by atoms with Crippen molar-refractivity contribution < 1.29 is 12.6 Å². The molecule has 0 atom stereocenters. The predicted octanol–water partition coefficient (Wildman–Crippen LogP) is 1.20. The highest BCUT2D eigenvalue weighted by Gasteiger charge is 2.12. The second-order valence-corrected chi connectivity index (χ2v) is 6.43. The molecule has 0 radical (unpaired) electrons. The summed E-state index contributed by atoms with van der Waals surface area (Å²) in [5.74, 6) is 0.119. The van der Waals surface area contributed by atoms with Crippen LogP contribution in [0, 0.1) is 11.3 Å². The summed E-state index contributed by atoms with van der Waals surface area (Å²) in [5.41, 5.74) is 2.10. The fourth-order valence-corrected chi connectivity index (χ4v) is 2.71. The van der Waals surface area contributed by atoms with Crippen LogP contribution >= 0.6 is 0 Å². The molecule has 132 valence electrons. The molecule has 0 amide bonds. The monoisotopic (exact) mass is 370 g/mol. The summed E-state index contributed by atoms with van der Waals surface area (Å²) < 4.78 is 28.6. The van der Waals surface area contributed by atoms with Gasteiger partial charge in [-0.3, -0.25) is 5.01 Å². The zero-order chi connectivity index (χ0) is 18.6. The molecule has 9 nitrogen and oxygen atoms in total. The Morgan fingerprint density at radius 3 is 2.46 bits per heavy atom. The molecule has 0 aliphatic rings. The molecule has 0 saturated carbocycles. The second-order valence-electron chi connectivity index (χ2n) is 5.28. The molecule has 0 spiro atoms. The van der Waals surface area contributed by atoms with Crippen molar-refractivity contribution in [1.82, 2.24) is 14.9 Å². The van der Waals surface area contributed by atoms with Gasteiger partial charge in [0.05, 0.1) is 23.9 Å². The predicted molar refractivity (Wildman–Crippen MR) is 92.9 cm³/mol. The number of nitriles is 1. The largest absolute Gasteiger partial charge is 0.380 e. The average Bonchev–Trinajstić information content (AvgIpc) is 3.13. The smallest absolute Gasteiger partial charge is 0.371 e. The number of nitrogens with zero attached hydrogens (tertiary/aromatic N) is 5. The number of benzene rings is 2. The van der Waals surface area contributed by atoms with Gasteiger partial charge in [-0.2, -0.15) is 18.8 Å². The van der Waals surface area contributed by atoms with Gasteiger partial charge in [-0.05, 0) is 42.0 Å². The number of rotatable bonds is 6. The Morgan fingerprint density at radius 1 is 1.15 bits per heavy atom. The van der Waals surface area contributed by atoms with Gasteiger partial charge in [0, 0.05) is 0 Å². The van der Waals surface area contributed by atoms with Gasteiger partial charge in [0.15, 0.2) is 0 Å². The molecule has 26 heavy (non-hydrogen) atoms. The van der Waals surface area contributed by atoms with Crippen LogP contribution in [0.25, 0.3) is 0 Å². The summed E-state index contributed by atoms with van der Waals surface area (Å²) in [7, 11) is -4.09. The molecule has 1 heterocycles. The van der Waals surface area contributed by atoms with Gasteiger partial charge >= 0.3 is 10.3 Å². The van der Waals surface area contributed by atoms with Gasteiger partial charge in [0.1, 0.15) is 18.4 Å². The zero-order valence-electron chi connectivity index (χ0n) is 13.4. The van der Waals surface area contributed by atoms with Gasteiger partial charge in [-0.15, -0.1) is 10.2 Å². The van der Waals surface area contributed by atoms with Crippen LogP contribution in [0.1, 0.15) is 11.1 Å². The van der Waals surface area contributed by atoms with Crippen LogP contribution < -0.4 is 14.3 Å². The van der Waals surface area contributed by atoms with E-state index in [0.29, 0.717) is 12.1 Å². The first-order chi connectivity index (χ1) is 12.4. The Labute approximate surface area is 150 Å². The fraction of sp³-hybridized carbons (Fsp3) is 0.0625. The quantitative estimate of drug-likeness (QED) is 0.690. The molecule has 0 bridgehead atoms. The number of nitrogens with two attached hydrogens (primary N) is 1. The minimum Gasteiger partial charge on any atom is -0.371 e. The molecule has 2 N–H and O–H groups in total. The summed E-state index contributed by atoms with van der Waals surface area (Å²) in [6, 6.07) is 15.6. The lowest BCUT2D eigenvalue weighted by atomic mass is 10.2. The van der Waals surface area contributed by atoms with E-state index >= 15 is 0 Å². The van der Waals surface area contributed by atoms with Crippen LogP contribution in [0.3, 0.4) is 0 Å². The highest BCUT2D eigenvalue weighted by molar-refractivity contribution is 7.84. The van der Waals surface area contributed by atoms with Crippen molar-refractivity contribution >= 4 is 16.0 Å². The van der Waals surface area contributed by atoms with E-state index in [0.717, 1.165) is 11.3 Å². The Kier molecular flexibility index (Phi) is 4.83. The average molecular weight is 370 g/mol. The van der Waals surface area contributed by atoms with Crippen molar-refractivity contribution in [3.63, 3.8) is 0 Å². The SMILES string of the molecule is N#Cc1ccc(N(Cc2cccc(OS(N)(=O)=O)c2)n2cnnc2)cc1. The van der Waals surface area contributed by atoms with Crippen molar-refractivity contribution in [2.45, 2.75) is 6.54 Å². The number of anilines is 1. The van der Waals surface area contributed by atoms with Gasteiger partial charge in [0.25, 0.3) is 0 Å². The van der Waals surface area contributed by atoms with E-state index in [1.165, 1.54) is 18.7 Å². The van der Waals surface area contributed by atoms with E-state index in [-0.39, 0.29) is 5.75 Å². The lowest BCUT2D eigenvalue weighted by Crippen LogP contribution is -2.27. The first-order valence-electron chi connectivity index (χ1n) is 7.38. The molecule has 0 fully saturated rings. The zero-order valence-corrected chi connectivity index (χ0v) is 14.2. The third kappa shape index (κ3) is 4.35. The minimum absolute atomic E-state index is 0.119. The van der Waals surface area contributed by atoms with Crippen molar-refractivity contribution in [3.05, 3.63) is 72.3 Å². The molecule has 3 aromatic rings. The van der Waals surface area contributed by atoms with Crippen LogP contribution in [-0.4, -0.2) is 23.3 Å². The maximum absolute atomic E-state index is 11.1. The van der Waals surface area contributed by atoms with Crippen LogP contribution in [0.2, 0.25) is 0 Å². The van der Waals surface area contributed by atoms with E-state index in [1.807, 2.05) is 11.1 Å². The first kappa shape index (κ1) is 17.4. The van der Waals surface area contributed by atoms with Crippen LogP contribution in [0.15, 0.2) is 61.2 Å². The molecule has 10 heteroatoms. The molecular weight excluding hydrogens is 356 g/mol. The molecule has 0 saturated heterocycles. The third-order valence-corrected chi connectivity index (χ3v) is 3.85. The van der Waals surface area contributed by atoms with Crippen LogP contribution in [0.4, 0.5) is 5.69 Å². The van der Waals surface area contributed by atoms with Crippen molar-refractivity contribution in [3.8, 4) is 11.8 Å². The molecule has 1 aromatic heterocycles. The lowest BCUT2D eigenvalue weighted by Gasteiger charge is -2.25. The molecule has 0 aliphatic heterocycles. The van der Waals surface area contributed by atoms with Crippen molar-refractivity contribution in [2.24, 2.45) is 5.14 Å². The normalized spacial score (nSPS) is 10.9. The van der Waals surface area contributed by atoms with E-state index in [1.54, 1.807) is 41.1 Å². The Balaban J connectivity index is 1.91. The maximum Gasteiger partial charge on any atom is 0.380 e. The van der Waals surface area contributed by atoms with E-state index in [2.05, 4.69) is 16.3 Å². The van der Waals surface area contributed by atoms with Crippen LogP contribution in [-0.2, 0) is 16.8 Å². The first-order valence-corrected chi connectivity index (χ1v) is 8.85. The second kappa shape index (κ2) is 7.22. The fourth-order valence-electron chi connectivity index (χ4n) is 2.34. The molecule has 3 rings (SSSR count). The summed E-state index contributed by atoms with van der Waals surface area (Å²) in [4.78, 5) is 0. The molecular formula is C16H14N6O3S. The summed E-state index contributed by atoms with van der Waals surface area (Å²) in [6.07, 6.45) is 3.06. The van der Waals surface area contributed by atoms with E-state index in [9.17, 15) is 8.42 Å². The van der Waals surface area contributed by atoms with E-state index < -0.39 is 10.3 Å². The van der Waals surface area contributed by atoms with Crippen molar-refractivity contribution in [2.75, 3.05) is 5.01 Å². The number of hydrogen-bond acceptors (Lipinski definition) is 7. The summed E-state index contributed by atoms with van der Waals surface area (Å²) in [5, 5.41) is 23.3. The van der Waals surface area contributed by atoms with Gasteiger partial charge < -0.3 is 4.18 Å². The molecule has 0 aliphatic carbocycles. The summed E-state index contributed by atoms with van der Waals surface area (Å²) in [6.45, 7) is 0.367. The number of aromatic nitrogens is 3. The maximum atomic E-state index is 11.1. The van der Waals surface area contributed by atoms with Gasteiger partial charge in [-0.1, -0.05) is 12.1 Å². The Bertz CT molecular complexity index is 1030. The third-order valence-electron chi connectivity index (χ3n) is 3.42. The standard InChI is InChI=1S/C16H14N6O3S/c17-9-13-4-6-15(7-5-13)22(21-11-19-20-12-21)10-14-2-1-3-16(8-14)25-26(18,23)24/h1-8,11-12H,10H2,(H2,18,23,24). The van der Waals surface area contributed by atoms with Gasteiger partial charge in [0.2, 0.25) is 0 Å². The Morgan fingerprint density at radius 2 is 1.85 bits per heavy atom. The highest BCUT2D eigenvalue weighted by Crippen LogP contribution is 2.21. The van der Waals surface area contributed by atoms with Gasteiger partial charge in [-0.25, -0.2) is 4.68 Å². The summed E-state index contributed by atoms with van der Waals surface area (Å²) >= 11 is 0.